The van der Waals surface area contributed by atoms with E-state index in [4.69, 9.17) is 5.73 Å². The molecule has 0 heterocycles. The molecule has 3 heteroatoms. The van der Waals surface area contributed by atoms with Crippen molar-refractivity contribution in [3.63, 3.8) is 0 Å². The van der Waals surface area contributed by atoms with Gasteiger partial charge in [-0.2, -0.15) is 0 Å². The summed E-state index contributed by atoms with van der Waals surface area (Å²) in [5.74, 6) is -0.391. The van der Waals surface area contributed by atoms with Crippen molar-refractivity contribution in [2.24, 2.45) is 5.73 Å². The Balaban J connectivity index is 2.54. The van der Waals surface area contributed by atoms with Crippen LogP contribution in [0.1, 0.15) is 21.5 Å². The van der Waals surface area contributed by atoms with Crippen molar-refractivity contribution in [2.45, 2.75) is 13.5 Å². The lowest BCUT2D eigenvalue weighted by Crippen LogP contribution is -2.13. The predicted molar refractivity (Wildman–Crippen MR) is 82.5 cm³/mol. The Bertz CT molecular complexity index is 633. The molecule has 0 atom stereocenters. The number of nitrogens with zero attached hydrogens (tertiary/aromatic N) is 1. The van der Waals surface area contributed by atoms with Crippen LogP contribution in [0, 0.1) is 6.92 Å². The third-order valence-electron chi connectivity index (χ3n) is 3.28. The summed E-state index contributed by atoms with van der Waals surface area (Å²) in [6.45, 7) is 2.92. The van der Waals surface area contributed by atoms with Gasteiger partial charge in [-0.25, -0.2) is 0 Å². The summed E-state index contributed by atoms with van der Waals surface area (Å²) < 4.78 is 0. The third kappa shape index (κ3) is 3.06. The zero-order valence-corrected chi connectivity index (χ0v) is 12.2. The zero-order valence-electron chi connectivity index (χ0n) is 12.2. The van der Waals surface area contributed by atoms with E-state index in [0.29, 0.717) is 5.56 Å². The highest BCUT2D eigenvalue weighted by atomic mass is 16.1. The molecule has 3 nitrogen and oxygen atoms in total. The van der Waals surface area contributed by atoms with Gasteiger partial charge in [0.15, 0.2) is 0 Å². The zero-order chi connectivity index (χ0) is 14.7. The molecule has 0 unspecified atom stereocenters. The van der Waals surface area contributed by atoms with Gasteiger partial charge in [0, 0.05) is 12.1 Å². The quantitative estimate of drug-likeness (QED) is 0.926. The summed E-state index contributed by atoms with van der Waals surface area (Å²) in [6, 6.07) is 13.8. The van der Waals surface area contributed by atoms with E-state index in [1.807, 2.05) is 39.2 Å². The summed E-state index contributed by atoms with van der Waals surface area (Å²) in [7, 11) is 4.08. The number of nitrogens with two attached hydrogens (primary N) is 1. The number of benzene rings is 2. The van der Waals surface area contributed by atoms with Crippen molar-refractivity contribution in [1.29, 1.82) is 0 Å². The standard InChI is InChI=1S/C17H20N2O/c1-12-8-9-13(11-19(2)3)10-16(12)14-6-4-5-7-15(14)17(18)20/h4-10H,11H2,1-3H3,(H2,18,20). The highest BCUT2D eigenvalue weighted by Crippen LogP contribution is 2.28. The molecule has 2 N–H and O–H groups in total. The van der Waals surface area contributed by atoms with Crippen LogP contribution in [0.2, 0.25) is 0 Å². The molecule has 0 spiro atoms. The predicted octanol–water partition coefficient (Wildman–Crippen LogP) is 2.82. The summed E-state index contributed by atoms with van der Waals surface area (Å²) in [6.07, 6.45) is 0. The van der Waals surface area contributed by atoms with Crippen molar-refractivity contribution >= 4 is 5.91 Å². The van der Waals surface area contributed by atoms with Gasteiger partial charge in [0.2, 0.25) is 5.91 Å². The van der Waals surface area contributed by atoms with Crippen LogP contribution in [0.4, 0.5) is 0 Å². The van der Waals surface area contributed by atoms with Gasteiger partial charge in [0.05, 0.1) is 0 Å². The lowest BCUT2D eigenvalue weighted by atomic mass is 9.94. The number of hydrogen-bond acceptors (Lipinski definition) is 2. The summed E-state index contributed by atoms with van der Waals surface area (Å²) in [5, 5.41) is 0. The van der Waals surface area contributed by atoms with Crippen LogP contribution in [-0.2, 0) is 6.54 Å². The molecule has 20 heavy (non-hydrogen) atoms. The monoisotopic (exact) mass is 268 g/mol. The first kappa shape index (κ1) is 14.3. The highest BCUT2D eigenvalue weighted by Gasteiger charge is 2.11. The fourth-order valence-electron chi connectivity index (χ4n) is 2.36. The topological polar surface area (TPSA) is 46.3 Å². The van der Waals surface area contributed by atoms with Gasteiger partial charge < -0.3 is 10.6 Å². The second-order valence-corrected chi connectivity index (χ2v) is 5.30. The van der Waals surface area contributed by atoms with E-state index in [9.17, 15) is 4.79 Å². The number of hydrogen-bond donors (Lipinski definition) is 1. The van der Waals surface area contributed by atoms with Crippen LogP contribution in [0.15, 0.2) is 42.5 Å². The smallest absolute Gasteiger partial charge is 0.249 e. The minimum Gasteiger partial charge on any atom is -0.366 e. The maximum Gasteiger partial charge on any atom is 0.249 e. The molecule has 0 saturated carbocycles. The number of rotatable bonds is 4. The molecule has 0 aliphatic carbocycles. The lowest BCUT2D eigenvalue weighted by Gasteiger charge is -2.14. The Kier molecular flexibility index (Phi) is 4.20. The maximum absolute atomic E-state index is 11.6. The maximum atomic E-state index is 11.6. The minimum atomic E-state index is -0.391. The molecular formula is C17H20N2O. The number of carbonyl (C=O) groups excluding carboxylic acids is 1. The summed E-state index contributed by atoms with van der Waals surface area (Å²) in [5.41, 5.74) is 10.4. The Morgan fingerprint density at radius 3 is 2.45 bits per heavy atom. The fourth-order valence-corrected chi connectivity index (χ4v) is 2.36. The highest BCUT2D eigenvalue weighted by molar-refractivity contribution is 6.00. The molecule has 2 aromatic carbocycles. The Hall–Kier alpha value is -2.13. The Morgan fingerprint density at radius 1 is 1.10 bits per heavy atom. The molecule has 104 valence electrons. The molecule has 0 fully saturated rings. The van der Waals surface area contributed by atoms with Crippen molar-refractivity contribution < 1.29 is 4.79 Å². The van der Waals surface area contributed by atoms with E-state index in [2.05, 4.69) is 23.1 Å². The molecule has 1 amide bonds. The van der Waals surface area contributed by atoms with Crippen molar-refractivity contribution in [3.8, 4) is 11.1 Å². The molecule has 0 radical (unpaired) electrons. The summed E-state index contributed by atoms with van der Waals surface area (Å²) >= 11 is 0. The van der Waals surface area contributed by atoms with Crippen LogP contribution in [0.3, 0.4) is 0 Å². The second-order valence-electron chi connectivity index (χ2n) is 5.30. The second kappa shape index (κ2) is 5.88. The van der Waals surface area contributed by atoms with E-state index in [-0.39, 0.29) is 0 Å². The third-order valence-corrected chi connectivity index (χ3v) is 3.28. The Labute approximate surface area is 120 Å². The van der Waals surface area contributed by atoms with Gasteiger partial charge in [-0.1, -0.05) is 30.3 Å². The van der Waals surface area contributed by atoms with E-state index in [1.54, 1.807) is 6.07 Å². The van der Waals surface area contributed by atoms with Crippen LogP contribution < -0.4 is 5.73 Å². The normalized spacial score (nSPS) is 10.8. The number of primary amides is 1. The van der Waals surface area contributed by atoms with Crippen LogP contribution in [-0.4, -0.2) is 24.9 Å². The van der Waals surface area contributed by atoms with Crippen molar-refractivity contribution in [2.75, 3.05) is 14.1 Å². The number of amides is 1. The molecule has 2 rings (SSSR count). The van der Waals surface area contributed by atoms with Crippen molar-refractivity contribution in [3.05, 3.63) is 59.2 Å². The number of aryl methyl sites for hydroxylation is 1. The number of carbonyl (C=O) groups is 1. The van der Waals surface area contributed by atoms with Gasteiger partial charge in [0.1, 0.15) is 0 Å². The molecule has 0 aromatic heterocycles. The van der Waals surface area contributed by atoms with Gasteiger partial charge in [-0.3, -0.25) is 4.79 Å². The van der Waals surface area contributed by atoms with Gasteiger partial charge in [-0.05, 0) is 55.4 Å². The molecule has 0 bridgehead atoms. The summed E-state index contributed by atoms with van der Waals surface area (Å²) in [4.78, 5) is 13.7. The molecular weight excluding hydrogens is 248 g/mol. The van der Waals surface area contributed by atoms with Gasteiger partial charge in [0.25, 0.3) is 0 Å². The molecule has 2 aromatic rings. The first-order valence-corrected chi connectivity index (χ1v) is 6.62. The van der Waals surface area contributed by atoms with E-state index in [1.165, 1.54) is 5.56 Å². The van der Waals surface area contributed by atoms with Gasteiger partial charge >= 0.3 is 0 Å². The molecule has 0 aliphatic rings. The van der Waals surface area contributed by atoms with Crippen molar-refractivity contribution in [1.82, 2.24) is 4.90 Å². The van der Waals surface area contributed by atoms with Crippen LogP contribution in [0.25, 0.3) is 11.1 Å². The van der Waals surface area contributed by atoms with Crippen LogP contribution in [0.5, 0.6) is 0 Å². The first-order chi connectivity index (χ1) is 9.49. The first-order valence-electron chi connectivity index (χ1n) is 6.62. The molecule has 0 aliphatic heterocycles. The van der Waals surface area contributed by atoms with Crippen LogP contribution >= 0.6 is 0 Å². The Morgan fingerprint density at radius 2 is 1.80 bits per heavy atom. The minimum absolute atomic E-state index is 0.391. The van der Waals surface area contributed by atoms with E-state index < -0.39 is 5.91 Å². The lowest BCUT2D eigenvalue weighted by molar-refractivity contribution is 0.100. The van der Waals surface area contributed by atoms with E-state index >= 15 is 0 Å². The fraction of sp³-hybridized carbons (Fsp3) is 0.235. The molecule has 0 saturated heterocycles. The van der Waals surface area contributed by atoms with Gasteiger partial charge in [-0.15, -0.1) is 0 Å². The van der Waals surface area contributed by atoms with E-state index in [0.717, 1.165) is 23.2 Å². The largest absolute Gasteiger partial charge is 0.366 e. The average molecular weight is 268 g/mol. The SMILES string of the molecule is Cc1ccc(CN(C)C)cc1-c1ccccc1C(N)=O. The average Bonchev–Trinajstić information content (AvgIpc) is 2.40.